The lowest BCUT2D eigenvalue weighted by molar-refractivity contribution is -0.146. The van der Waals surface area contributed by atoms with E-state index in [0.29, 0.717) is 13.0 Å². The van der Waals surface area contributed by atoms with Gasteiger partial charge in [0, 0.05) is 0 Å². The molecule has 1 heterocycles. The molecule has 0 aliphatic heterocycles. The molecule has 0 bridgehead atoms. The maximum absolute atomic E-state index is 12.5. The van der Waals surface area contributed by atoms with E-state index >= 15 is 0 Å². The van der Waals surface area contributed by atoms with Crippen LogP contribution in [0.5, 0.6) is 0 Å². The van der Waals surface area contributed by atoms with Crippen LogP contribution in [-0.2, 0) is 9.53 Å². The summed E-state index contributed by atoms with van der Waals surface area (Å²) in [7, 11) is 0. The Labute approximate surface area is 208 Å². The molecule has 1 rings (SSSR count). The molecule has 1 unspecified atom stereocenters. The maximum Gasteiger partial charge on any atom is 0.328 e. The largest absolute Gasteiger partial charge is 0.464 e. The number of esters is 1. The highest BCUT2D eigenvalue weighted by atomic mass is 16.5. The first kappa shape index (κ1) is 30.3. The Morgan fingerprint density at radius 3 is 1.76 bits per heavy atom. The first-order chi connectivity index (χ1) is 16.5. The Morgan fingerprint density at radius 2 is 1.32 bits per heavy atom. The molecule has 0 aliphatic carbocycles. The Hall–Kier alpha value is -1.78. The first-order valence-corrected chi connectivity index (χ1v) is 14.1. The molecule has 196 valence electrons. The average molecular weight is 478 g/mol. The van der Waals surface area contributed by atoms with Gasteiger partial charge in [0.25, 0.3) is 5.91 Å². The second-order valence-corrected chi connectivity index (χ2v) is 10.1. The van der Waals surface area contributed by atoms with Crippen LogP contribution in [0.4, 0.5) is 0 Å². The van der Waals surface area contributed by atoms with Crippen LogP contribution in [0.25, 0.3) is 0 Å². The van der Waals surface area contributed by atoms with Gasteiger partial charge in [0.05, 0.1) is 12.9 Å². The van der Waals surface area contributed by atoms with Gasteiger partial charge in [0.1, 0.15) is 6.04 Å². The monoisotopic (exact) mass is 477 g/mol. The molecule has 0 saturated heterocycles. The number of hydrogen-bond donors (Lipinski definition) is 1. The third-order valence-corrected chi connectivity index (χ3v) is 6.28. The summed E-state index contributed by atoms with van der Waals surface area (Å²) in [5, 5.41) is 2.75. The molecule has 1 aromatic rings. The maximum atomic E-state index is 12.5. The molecule has 0 aromatic carbocycles. The number of nitrogens with one attached hydrogen (secondary N) is 1. The summed E-state index contributed by atoms with van der Waals surface area (Å²) in [6.45, 7) is 6.74. The molecule has 0 saturated carbocycles. The van der Waals surface area contributed by atoms with Crippen molar-refractivity contribution in [2.24, 2.45) is 5.92 Å². The van der Waals surface area contributed by atoms with Gasteiger partial charge in [-0.05, 0) is 30.9 Å². The lowest BCUT2D eigenvalue weighted by Gasteiger charge is -2.19. The van der Waals surface area contributed by atoms with E-state index in [1.54, 1.807) is 12.1 Å². The predicted octanol–water partition coefficient (Wildman–Crippen LogP) is 8.23. The van der Waals surface area contributed by atoms with E-state index in [-0.39, 0.29) is 23.6 Å². The summed E-state index contributed by atoms with van der Waals surface area (Å²) < 4.78 is 10.6. The van der Waals surface area contributed by atoms with Crippen LogP contribution >= 0.6 is 0 Å². The van der Waals surface area contributed by atoms with Crippen molar-refractivity contribution in [2.45, 2.75) is 136 Å². The van der Waals surface area contributed by atoms with Crippen LogP contribution in [0.3, 0.4) is 0 Å². The van der Waals surface area contributed by atoms with Crippen molar-refractivity contribution >= 4 is 11.9 Å². The van der Waals surface area contributed by atoms with Gasteiger partial charge in [-0.15, -0.1) is 0 Å². The molecule has 0 aliphatic rings. The Bertz CT molecular complexity index is 612. The highest BCUT2D eigenvalue weighted by Crippen LogP contribution is 2.14. The number of unbranched alkanes of at least 4 members (excludes halogenated alkanes) is 15. The smallest absolute Gasteiger partial charge is 0.328 e. The Morgan fingerprint density at radius 1 is 0.824 bits per heavy atom. The first-order valence-electron chi connectivity index (χ1n) is 14.1. The fourth-order valence-corrected chi connectivity index (χ4v) is 4.25. The van der Waals surface area contributed by atoms with Gasteiger partial charge < -0.3 is 14.5 Å². The minimum absolute atomic E-state index is 0.208. The van der Waals surface area contributed by atoms with Crippen LogP contribution in [0, 0.1) is 5.92 Å². The molecule has 1 atom stereocenters. The third-order valence-electron chi connectivity index (χ3n) is 6.28. The molecule has 1 aromatic heterocycles. The van der Waals surface area contributed by atoms with E-state index in [1.165, 1.54) is 96.2 Å². The summed E-state index contributed by atoms with van der Waals surface area (Å²) in [6.07, 6.45) is 23.1. The molecular weight excluding hydrogens is 426 g/mol. The number of ether oxygens (including phenoxy) is 1. The van der Waals surface area contributed by atoms with Crippen molar-refractivity contribution in [2.75, 3.05) is 6.61 Å². The lowest BCUT2D eigenvalue weighted by Crippen LogP contribution is -2.42. The Balaban J connectivity index is 1.98. The number of carbonyl (C=O) groups is 2. The summed E-state index contributed by atoms with van der Waals surface area (Å²) in [5.41, 5.74) is 0. The number of hydrogen-bond acceptors (Lipinski definition) is 4. The molecule has 1 amide bonds. The zero-order valence-electron chi connectivity index (χ0n) is 22.2. The molecule has 34 heavy (non-hydrogen) atoms. The lowest BCUT2D eigenvalue weighted by atomic mass is 10.0. The average Bonchev–Trinajstić information content (AvgIpc) is 3.35. The van der Waals surface area contributed by atoms with Crippen molar-refractivity contribution in [3.8, 4) is 0 Å². The van der Waals surface area contributed by atoms with Crippen LogP contribution in [-0.4, -0.2) is 24.5 Å². The summed E-state index contributed by atoms with van der Waals surface area (Å²) >= 11 is 0. The SMILES string of the molecule is CCCCCCCCCCCCCCCCCCOC(=O)C(CC(C)C)NC(=O)c1ccco1. The summed E-state index contributed by atoms with van der Waals surface area (Å²) in [5.74, 6) is -0.256. The molecule has 5 heteroatoms. The van der Waals surface area contributed by atoms with Gasteiger partial charge in [-0.2, -0.15) is 0 Å². The molecular formula is C29H51NO4. The van der Waals surface area contributed by atoms with Crippen LogP contribution in [0.2, 0.25) is 0 Å². The van der Waals surface area contributed by atoms with E-state index in [9.17, 15) is 9.59 Å². The van der Waals surface area contributed by atoms with Crippen LogP contribution in [0.15, 0.2) is 22.8 Å². The zero-order valence-corrected chi connectivity index (χ0v) is 22.2. The van der Waals surface area contributed by atoms with E-state index in [4.69, 9.17) is 9.15 Å². The van der Waals surface area contributed by atoms with Crippen LogP contribution < -0.4 is 5.32 Å². The molecule has 0 fully saturated rings. The van der Waals surface area contributed by atoms with Gasteiger partial charge in [-0.25, -0.2) is 4.79 Å². The second-order valence-electron chi connectivity index (χ2n) is 10.1. The van der Waals surface area contributed by atoms with Gasteiger partial charge in [-0.3, -0.25) is 4.79 Å². The number of furan rings is 1. The van der Waals surface area contributed by atoms with Crippen molar-refractivity contribution in [3.63, 3.8) is 0 Å². The van der Waals surface area contributed by atoms with Gasteiger partial charge in [0.2, 0.25) is 0 Å². The van der Waals surface area contributed by atoms with Crippen molar-refractivity contribution in [1.29, 1.82) is 0 Å². The van der Waals surface area contributed by atoms with Gasteiger partial charge in [0.15, 0.2) is 5.76 Å². The van der Waals surface area contributed by atoms with Crippen LogP contribution in [0.1, 0.15) is 140 Å². The van der Waals surface area contributed by atoms with E-state index in [2.05, 4.69) is 12.2 Å². The zero-order chi connectivity index (χ0) is 24.9. The second kappa shape index (κ2) is 20.6. The predicted molar refractivity (Wildman–Crippen MR) is 140 cm³/mol. The minimum atomic E-state index is -0.640. The summed E-state index contributed by atoms with van der Waals surface area (Å²) in [4.78, 5) is 24.7. The topological polar surface area (TPSA) is 68.5 Å². The minimum Gasteiger partial charge on any atom is -0.464 e. The Kier molecular flexibility index (Phi) is 18.3. The molecule has 0 spiro atoms. The fraction of sp³-hybridized carbons (Fsp3) is 0.793. The highest BCUT2D eigenvalue weighted by Gasteiger charge is 2.24. The quantitative estimate of drug-likeness (QED) is 0.135. The van der Waals surface area contributed by atoms with Gasteiger partial charge >= 0.3 is 5.97 Å². The standard InChI is InChI=1S/C29H51NO4/c1-4-5-6-7-8-9-10-11-12-13-14-15-16-17-18-19-22-34-29(32)26(24-25(2)3)30-28(31)27-21-20-23-33-27/h20-21,23,25-26H,4-19,22,24H2,1-3H3,(H,30,31). The summed E-state index contributed by atoms with van der Waals surface area (Å²) in [6, 6.07) is 2.60. The molecule has 5 nitrogen and oxygen atoms in total. The normalized spacial score (nSPS) is 12.1. The fourth-order valence-electron chi connectivity index (χ4n) is 4.25. The van der Waals surface area contributed by atoms with Crippen molar-refractivity contribution < 1.29 is 18.7 Å². The van der Waals surface area contributed by atoms with Crippen molar-refractivity contribution in [3.05, 3.63) is 24.2 Å². The highest BCUT2D eigenvalue weighted by molar-refractivity contribution is 5.94. The third kappa shape index (κ3) is 16.0. The van der Waals surface area contributed by atoms with Crippen molar-refractivity contribution in [1.82, 2.24) is 5.32 Å². The molecule has 0 radical (unpaired) electrons. The van der Waals surface area contributed by atoms with E-state index < -0.39 is 6.04 Å². The number of carbonyl (C=O) groups excluding carboxylic acids is 2. The number of rotatable bonds is 22. The number of amides is 1. The van der Waals surface area contributed by atoms with Gasteiger partial charge in [-0.1, -0.05) is 117 Å². The van der Waals surface area contributed by atoms with E-state index in [0.717, 1.165) is 12.8 Å². The van der Waals surface area contributed by atoms with E-state index in [1.807, 2.05) is 13.8 Å². The molecule has 1 N–H and O–H groups in total.